The third kappa shape index (κ3) is 5.68. The van der Waals surface area contributed by atoms with Crippen LogP contribution in [0.3, 0.4) is 0 Å². The fraction of sp³-hybridized carbons (Fsp3) is 0.318. The predicted octanol–water partition coefficient (Wildman–Crippen LogP) is 3.09. The molecule has 0 radical (unpaired) electrons. The molecule has 4 N–H and O–H groups in total. The first-order valence-electron chi connectivity index (χ1n) is 9.78. The van der Waals surface area contributed by atoms with Gasteiger partial charge in [-0.05, 0) is 32.0 Å². The molecule has 168 valence electrons. The summed E-state index contributed by atoms with van der Waals surface area (Å²) in [7, 11) is 3.59. The average Bonchev–Trinajstić information content (AvgIpc) is 3.20. The van der Waals surface area contributed by atoms with Crippen LogP contribution in [0, 0.1) is 18.8 Å². The van der Waals surface area contributed by atoms with Gasteiger partial charge in [-0.1, -0.05) is 28.6 Å². The van der Waals surface area contributed by atoms with Gasteiger partial charge in [0.25, 0.3) is 0 Å². The van der Waals surface area contributed by atoms with Gasteiger partial charge in [0.1, 0.15) is 16.5 Å². The Kier molecular flexibility index (Phi) is 7.20. The fourth-order valence-electron chi connectivity index (χ4n) is 2.85. The summed E-state index contributed by atoms with van der Waals surface area (Å²) in [6, 6.07) is 7.26. The predicted molar refractivity (Wildman–Crippen MR) is 124 cm³/mol. The summed E-state index contributed by atoms with van der Waals surface area (Å²) >= 11 is 6.24. The maximum atomic E-state index is 10.7. The molecule has 0 bridgehead atoms. The zero-order valence-corrected chi connectivity index (χ0v) is 19.1. The molecule has 1 atom stereocenters. The van der Waals surface area contributed by atoms with Crippen LogP contribution in [0.15, 0.2) is 35.0 Å². The number of ether oxygens (including phenoxy) is 1. The van der Waals surface area contributed by atoms with Crippen LogP contribution in [0.25, 0.3) is 0 Å². The quantitative estimate of drug-likeness (QED) is 0.460. The van der Waals surface area contributed by atoms with Gasteiger partial charge in [0.05, 0.1) is 24.2 Å². The van der Waals surface area contributed by atoms with Gasteiger partial charge >= 0.3 is 0 Å². The van der Waals surface area contributed by atoms with E-state index in [0.29, 0.717) is 46.7 Å². The molecule has 2 aromatic heterocycles. The van der Waals surface area contributed by atoms with Crippen molar-refractivity contribution in [2.24, 2.45) is 0 Å². The van der Waals surface area contributed by atoms with Gasteiger partial charge in [-0.15, -0.1) is 0 Å². The minimum atomic E-state index is -1.47. The monoisotopic (exact) mass is 456 g/mol. The van der Waals surface area contributed by atoms with Gasteiger partial charge in [0.2, 0.25) is 5.95 Å². The molecule has 0 aliphatic heterocycles. The lowest BCUT2D eigenvalue weighted by atomic mass is 10.0. The van der Waals surface area contributed by atoms with Crippen LogP contribution < -0.4 is 16.0 Å². The number of hydrogen-bond donors (Lipinski definition) is 3. The molecule has 0 aliphatic rings. The first-order chi connectivity index (χ1) is 15.2. The Morgan fingerprint density at radius 2 is 2.16 bits per heavy atom. The van der Waals surface area contributed by atoms with Crippen LogP contribution in [0.4, 0.5) is 23.1 Å². The second kappa shape index (κ2) is 9.87. The number of nitrogens with one attached hydrogen (secondary N) is 1. The maximum Gasteiger partial charge on any atom is 0.222 e. The number of nitrogens with two attached hydrogens (primary N) is 1. The third-order valence-electron chi connectivity index (χ3n) is 4.63. The first kappa shape index (κ1) is 23.3. The van der Waals surface area contributed by atoms with Crippen molar-refractivity contribution in [2.45, 2.75) is 19.4 Å². The zero-order chi connectivity index (χ0) is 23.3. The van der Waals surface area contributed by atoms with E-state index in [1.165, 1.54) is 6.20 Å². The van der Waals surface area contributed by atoms with Crippen molar-refractivity contribution in [1.29, 1.82) is 0 Å². The van der Waals surface area contributed by atoms with Gasteiger partial charge in [-0.25, -0.2) is 4.98 Å². The number of aliphatic hydroxyl groups is 1. The molecular weight excluding hydrogens is 432 g/mol. The number of rotatable bonds is 7. The lowest BCUT2D eigenvalue weighted by Crippen LogP contribution is -2.23. The topological polar surface area (TPSA) is 123 Å². The standard InChI is InChI=1S/C22H25ClN6O3/c1-14-11-19(28-32-14)22(2,30)8-7-15-5-6-18(29(3)9-10-31-4)17(12-15)26-20-16(23)13-25-21(24)27-20/h5-6,11-13,30H,9-10H2,1-4H3,(H3,24,25,26,27). The second-order valence-electron chi connectivity index (χ2n) is 7.34. The molecule has 0 amide bonds. The Balaban J connectivity index is 1.97. The maximum absolute atomic E-state index is 10.7. The highest BCUT2D eigenvalue weighted by Gasteiger charge is 2.24. The minimum Gasteiger partial charge on any atom is -0.383 e. The lowest BCUT2D eigenvalue weighted by molar-refractivity contribution is 0.112. The molecular formula is C22H25ClN6O3. The van der Waals surface area contributed by atoms with Gasteiger partial charge in [0.15, 0.2) is 11.4 Å². The number of halogens is 1. The van der Waals surface area contributed by atoms with Crippen LogP contribution in [-0.2, 0) is 10.3 Å². The average molecular weight is 457 g/mol. The number of aromatic nitrogens is 3. The summed E-state index contributed by atoms with van der Waals surface area (Å²) in [5.41, 5.74) is 6.83. The summed E-state index contributed by atoms with van der Waals surface area (Å²) < 4.78 is 10.2. The summed E-state index contributed by atoms with van der Waals surface area (Å²) in [4.78, 5) is 10.1. The molecule has 0 fully saturated rings. The van der Waals surface area contributed by atoms with E-state index in [1.807, 2.05) is 30.1 Å². The van der Waals surface area contributed by atoms with Gasteiger partial charge in [-0.2, -0.15) is 4.98 Å². The van der Waals surface area contributed by atoms with E-state index in [1.54, 1.807) is 27.0 Å². The summed E-state index contributed by atoms with van der Waals surface area (Å²) in [6.07, 6.45) is 1.43. The van der Waals surface area contributed by atoms with Crippen LogP contribution in [0.5, 0.6) is 0 Å². The largest absolute Gasteiger partial charge is 0.383 e. The molecule has 9 nitrogen and oxygen atoms in total. The normalized spacial score (nSPS) is 12.6. The molecule has 0 saturated carbocycles. The van der Waals surface area contributed by atoms with Crippen LogP contribution in [0.2, 0.25) is 5.02 Å². The number of likely N-dealkylation sites (N-methyl/N-ethyl adjacent to an activating group) is 1. The molecule has 2 heterocycles. The van der Waals surface area contributed by atoms with E-state index in [-0.39, 0.29) is 5.95 Å². The number of hydrogen-bond acceptors (Lipinski definition) is 9. The Morgan fingerprint density at radius 3 is 2.84 bits per heavy atom. The Bertz CT molecular complexity index is 1150. The molecule has 1 aromatic carbocycles. The molecule has 3 rings (SSSR count). The van der Waals surface area contributed by atoms with Gasteiger partial charge in [0, 0.05) is 32.3 Å². The summed E-state index contributed by atoms with van der Waals surface area (Å²) in [5.74, 6) is 6.91. The summed E-state index contributed by atoms with van der Waals surface area (Å²) in [6.45, 7) is 4.53. The number of nitrogens with zero attached hydrogens (tertiary/aromatic N) is 4. The first-order valence-corrected chi connectivity index (χ1v) is 10.2. The SMILES string of the molecule is COCCN(C)c1ccc(C#CC(C)(O)c2cc(C)on2)cc1Nc1nc(N)ncc1Cl. The smallest absolute Gasteiger partial charge is 0.222 e. The fourth-order valence-corrected chi connectivity index (χ4v) is 2.98. The van der Waals surface area contributed by atoms with Crippen molar-refractivity contribution in [3.8, 4) is 11.8 Å². The molecule has 0 aliphatic carbocycles. The van der Waals surface area contributed by atoms with E-state index in [9.17, 15) is 5.11 Å². The van der Waals surface area contributed by atoms with Crippen molar-refractivity contribution >= 4 is 34.7 Å². The van der Waals surface area contributed by atoms with Crippen molar-refractivity contribution < 1.29 is 14.4 Å². The Morgan fingerprint density at radius 1 is 1.38 bits per heavy atom. The van der Waals surface area contributed by atoms with E-state index >= 15 is 0 Å². The van der Waals surface area contributed by atoms with Crippen molar-refractivity contribution in [3.63, 3.8) is 0 Å². The molecule has 32 heavy (non-hydrogen) atoms. The summed E-state index contributed by atoms with van der Waals surface area (Å²) in [5, 5.41) is 18.1. The third-order valence-corrected chi connectivity index (χ3v) is 4.91. The van der Waals surface area contributed by atoms with E-state index in [0.717, 1.165) is 5.69 Å². The highest BCUT2D eigenvalue weighted by Crippen LogP contribution is 2.31. The second-order valence-corrected chi connectivity index (χ2v) is 7.75. The number of aryl methyl sites for hydroxylation is 1. The van der Waals surface area contributed by atoms with Crippen LogP contribution >= 0.6 is 11.6 Å². The van der Waals surface area contributed by atoms with Crippen LogP contribution in [0.1, 0.15) is 23.9 Å². The van der Waals surface area contributed by atoms with Gasteiger partial charge in [-0.3, -0.25) is 0 Å². The number of nitrogen functional groups attached to an aromatic ring is 1. The minimum absolute atomic E-state index is 0.0982. The van der Waals surface area contributed by atoms with Gasteiger partial charge < -0.3 is 30.3 Å². The lowest BCUT2D eigenvalue weighted by Gasteiger charge is -2.23. The number of methoxy groups -OCH3 is 1. The zero-order valence-electron chi connectivity index (χ0n) is 18.3. The molecule has 1 unspecified atom stereocenters. The highest BCUT2D eigenvalue weighted by atomic mass is 35.5. The Hall–Kier alpha value is -3.32. The Labute approximate surface area is 191 Å². The van der Waals surface area contributed by atoms with Crippen molar-refractivity contribution in [3.05, 3.63) is 52.5 Å². The van der Waals surface area contributed by atoms with E-state index in [4.69, 9.17) is 26.6 Å². The molecule has 10 heteroatoms. The molecule has 0 spiro atoms. The molecule has 0 saturated heterocycles. The highest BCUT2D eigenvalue weighted by molar-refractivity contribution is 6.33. The van der Waals surface area contributed by atoms with Crippen molar-refractivity contribution in [1.82, 2.24) is 15.1 Å². The van der Waals surface area contributed by atoms with Crippen molar-refractivity contribution in [2.75, 3.05) is 43.3 Å². The number of benzene rings is 1. The molecule has 3 aromatic rings. The number of anilines is 4. The van der Waals surface area contributed by atoms with E-state index < -0.39 is 5.60 Å². The van der Waals surface area contributed by atoms with E-state index in [2.05, 4.69) is 32.3 Å². The van der Waals surface area contributed by atoms with Crippen LogP contribution in [-0.4, -0.2) is 47.5 Å².